The number of carbonyl (C=O) groups excluding carboxylic acids is 2. The minimum atomic E-state index is -0.677. The van der Waals surface area contributed by atoms with Crippen molar-refractivity contribution < 1.29 is 14.0 Å². The van der Waals surface area contributed by atoms with Gasteiger partial charge in [0.2, 0.25) is 11.8 Å². The number of piperidine rings is 1. The molecule has 7 heteroatoms. The van der Waals surface area contributed by atoms with Crippen LogP contribution >= 0.6 is 0 Å². The van der Waals surface area contributed by atoms with Crippen LogP contribution < -0.4 is 5.32 Å². The highest BCUT2D eigenvalue weighted by atomic mass is 19.1. The maximum atomic E-state index is 14.0. The predicted molar refractivity (Wildman–Crippen MR) is 139 cm³/mol. The van der Waals surface area contributed by atoms with Gasteiger partial charge in [-0.3, -0.25) is 9.59 Å². The van der Waals surface area contributed by atoms with E-state index in [4.69, 9.17) is 0 Å². The number of likely N-dealkylation sites (N-methyl/N-ethyl adjacent to an activating group) is 1. The van der Waals surface area contributed by atoms with E-state index in [2.05, 4.69) is 16.4 Å². The van der Waals surface area contributed by atoms with Crippen molar-refractivity contribution in [2.24, 2.45) is 5.41 Å². The highest BCUT2D eigenvalue weighted by Gasteiger charge is 2.55. The fraction of sp³-hybridized carbons (Fsp3) is 0.448. The van der Waals surface area contributed by atoms with Crippen LogP contribution in [0.1, 0.15) is 43.7 Å². The van der Waals surface area contributed by atoms with Crippen LogP contribution in [-0.2, 0) is 16.0 Å². The Bertz CT molecular complexity index is 1250. The van der Waals surface area contributed by atoms with Crippen LogP contribution in [-0.4, -0.2) is 65.4 Å². The van der Waals surface area contributed by atoms with E-state index in [1.807, 2.05) is 50.2 Å². The zero-order valence-electron chi connectivity index (χ0n) is 21.3. The lowest BCUT2D eigenvalue weighted by Gasteiger charge is -2.43. The van der Waals surface area contributed by atoms with Crippen LogP contribution in [0.4, 0.5) is 4.39 Å². The molecule has 2 aliphatic heterocycles. The molecule has 1 spiro atoms. The number of hydrogen-bond acceptors (Lipinski definition) is 3. The Morgan fingerprint density at radius 2 is 1.94 bits per heavy atom. The van der Waals surface area contributed by atoms with Crippen LogP contribution in [0.2, 0.25) is 0 Å². The zero-order chi connectivity index (χ0) is 25.4. The van der Waals surface area contributed by atoms with E-state index < -0.39 is 11.5 Å². The second kappa shape index (κ2) is 9.69. The van der Waals surface area contributed by atoms with Gasteiger partial charge in [0.25, 0.3) is 0 Å². The van der Waals surface area contributed by atoms with Crippen molar-refractivity contribution in [1.29, 1.82) is 0 Å². The highest BCUT2D eigenvalue weighted by Crippen LogP contribution is 2.49. The van der Waals surface area contributed by atoms with Crippen LogP contribution in [0.25, 0.3) is 10.9 Å². The number of rotatable bonds is 6. The summed E-state index contributed by atoms with van der Waals surface area (Å²) in [6.45, 7) is 5.70. The number of halogens is 1. The van der Waals surface area contributed by atoms with Crippen LogP contribution in [0.3, 0.4) is 0 Å². The Morgan fingerprint density at radius 1 is 1.19 bits per heavy atom. The molecule has 190 valence electrons. The average Bonchev–Trinajstić information content (AvgIpc) is 3.38. The molecular weight excluding hydrogens is 455 g/mol. The van der Waals surface area contributed by atoms with E-state index in [1.165, 1.54) is 12.1 Å². The van der Waals surface area contributed by atoms with E-state index in [-0.39, 0.29) is 29.6 Å². The fourth-order valence-corrected chi connectivity index (χ4v) is 6.27. The van der Waals surface area contributed by atoms with Crippen molar-refractivity contribution in [2.45, 2.75) is 51.1 Å². The first-order valence-corrected chi connectivity index (χ1v) is 12.9. The first kappa shape index (κ1) is 24.5. The number of nitrogens with zero attached hydrogens (tertiary/aromatic N) is 2. The average molecular weight is 491 g/mol. The summed E-state index contributed by atoms with van der Waals surface area (Å²) in [5.41, 5.74) is 2.44. The summed E-state index contributed by atoms with van der Waals surface area (Å²) in [7, 11) is 1.83. The summed E-state index contributed by atoms with van der Waals surface area (Å²) in [6, 6.07) is 14.4. The minimum absolute atomic E-state index is 0.0354. The van der Waals surface area contributed by atoms with Gasteiger partial charge in [-0.1, -0.05) is 44.2 Å². The van der Waals surface area contributed by atoms with Crippen molar-refractivity contribution in [2.75, 3.05) is 26.7 Å². The lowest BCUT2D eigenvalue weighted by atomic mass is 9.69. The second-order valence-corrected chi connectivity index (χ2v) is 10.7. The first-order chi connectivity index (χ1) is 17.3. The molecule has 0 radical (unpaired) electrons. The number of likely N-dealkylation sites (tertiary alicyclic amines) is 2. The topological polar surface area (TPSA) is 68.4 Å². The zero-order valence-corrected chi connectivity index (χ0v) is 21.3. The molecule has 2 aromatic carbocycles. The first-order valence-electron chi connectivity index (χ1n) is 12.9. The summed E-state index contributed by atoms with van der Waals surface area (Å²) in [6.07, 6.45) is 4.06. The van der Waals surface area contributed by atoms with Gasteiger partial charge in [0.1, 0.15) is 5.82 Å². The van der Waals surface area contributed by atoms with Crippen LogP contribution in [0.5, 0.6) is 0 Å². The third-order valence-electron chi connectivity index (χ3n) is 7.94. The van der Waals surface area contributed by atoms with E-state index in [9.17, 15) is 14.0 Å². The molecule has 2 amide bonds. The molecule has 3 unspecified atom stereocenters. The quantitative estimate of drug-likeness (QED) is 0.547. The van der Waals surface area contributed by atoms with E-state index in [0.717, 1.165) is 34.9 Å². The largest absolute Gasteiger partial charge is 0.361 e. The van der Waals surface area contributed by atoms with Crippen molar-refractivity contribution in [3.8, 4) is 0 Å². The number of benzene rings is 2. The number of aromatic nitrogens is 1. The standard InChI is InChI=1S/C29H35FN4O2/c1-19(2)32-26(15-21-16-31-25-8-5-4-7-23(21)25)27(35)34-14-6-13-29(18-34)24(17-33(3)28(29)36)20-9-11-22(30)12-10-20/h4-5,7-12,16,19,24,26,31-32H,6,13-15,17-18H2,1-3H3. The number of carbonyl (C=O) groups is 2. The monoisotopic (exact) mass is 490 g/mol. The van der Waals surface area contributed by atoms with Gasteiger partial charge >= 0.3 is 0 Å². The lowest BCUT2D eigenvalue weighted by molar-refractivity contribution is -0.144. The summed E-state index contributed by atoms with van der Waals surface area (Å²) in [4.78, 5) is 34.5. The maximum Gasteiger partial charge on any atom is 0.240 e. The maximum absolute atomic E-state index is 14.0. The Kier molecular flexibility index (Phi) is 6.60. The van der Waals surface area contributed by atoms with Crippen molar-refractivity contribution in [3.63, 3.8) is 0 Å². The molecule has 0 bridgehead atoms. The Morgan fingerprint density at radius 3 is 2.69 bits per heavy atom. The highest BCUT2D eigenvalue weighted by molar-refractivity contribution is 5.89. The van der Waals surface area contributed by atoms with Gasteiger partial charge in [0, 0.05) is 55.7 Å². The Hall–Kier alpha value is -3.19. The minimum Gasteiger partial charge on any atom is -0.361 e. The summed E-state index contributed by atoms with van der Waals surface area (Å²) >= 11 is 0. The number of aromatic amines is 1. The molecule has 36 heavy (non-hydrogen) atoms. The molecule has 3 atom stereocenters. The van der Waals surface area contributed by atoms with Gasteiger partial charge in [0.05, 0.1) is 11.5 Å². The van der Waals surface area contributed by atoms with Crippen LogP contribution in [0.15, 0.2) is 54.7 Å². The molecule has 0 saturated carbocycles. The van der Waals surface area contributed by atoms with E-state index in [1.54, 1.807) is 17.0 Å². The smallest absolute Gasteiger partial charge is 0.240 e. The molecule has 2 saturated heterocycles. The number of fused-ring (bicyclic) bond motifs is 1. The van der Waals surface area contributed by atoms with Gasteiger partial charge in [-0.15, -0.1) is 0 Å². The fourth-order valence-electron chi connectivity index (χ4n) is 6.27. The van der Waals surface area contributed by atoms with E-state index >= 15 is 0 Å². The van der Waals surface area contributed by atoms with Crippen molar-refractivity contribution in [1.82, 2.24) is 20.1 Å². The molecular formula is C29H35FN4O2. The molecule has 6 nitrogen and oxygen atoms in total. The van der Waals surface area contributed by atoms with Crippen molar-refractivity contribution >= 4 is 22.7 Å². The third-order valence-corrected chi connectivity index (χ3v) is 7.94. The Labute approximate surface area is 211 Å². The molecule has 3 heterocycles. The Balaban J connectivity index is 1.42. The normalized spacial score (nSPS) is 23.2. The molecule has 2 fully saturated rings. The molecule has 5 rings (SSSR count). The molecule has 2 N–H and O–H groups in total. The van der Waals surface area contributed by atoms with Gasteiger partial charge in [-0.05, 0) is 48.6 Å². The SMILES string of the molecule is CC(C)NC(Cc1c[nH]c2ccccc12)C(=O)N1CCCC2(C1)C(=O)N(C)CC2c1ccc(F)cc1. The summed E-state index contributed by atoms with van der Waals surface area (Å²) < 4.78 is 13.6. The van der Waals surface area contributed by atoms with Crippen LogP contribution in [0, 0.1) is 11.2 Å². The molecule has 2 aliphatic rings. The molecule has 0 aliphatic carbocycles. The lowest BCUT2D eigenvalue weighted by Crippen LogP contribution is -2.56. The van der Waals surface area contributed by atoms with Gasteiger partial charge in [0.15, 0.2) is 0 Å². The summed E-state index contributed by atoms with van der Waals surface area (Å²) in [5, 5.41) is 4.61. The van der Waals surface area contributed by atoms with Gasteiger partial charge in [-0.2, -0.15) is 0 Å². The summed E-state index contributed by atoms with van der Waals surface area (Å²) in [5.74, 6) is -0.241. The third kappa shape index (κ3) is 4.41. The van der Waals surface area contributed by atoms with Gasteiger partial charge in [-0.25, -0.2) is 4.39 Å². The number of amides is 2. The van der Waals surface area contributed by atoms with Gasteiger partial charge < -0.3 is 20.1 Å². The number of H-pyrrole nitrogens is 1. The number of hydrogen-bond donors (Lipinski definition) is 2. The van der Waals surface area contributed by atoms with E-state index in [0.29, 0.717) is 26.1 Å². The molecule has 1 aromatic heterocycles. The predicted octanol–water partition coefficient (Wildman–Crippen LogP) is 4.08. The molecule has 3 aromatic rings. The number of nitrogens with one attached hydrogen (secondary N) is 2. The second-order valence-electron chi connectivity index (χ2n) is 10.7. The van der Waals surface area contributed by atoms with Crippen molar-refractivity contribution in [3.05, 3.63) is 71.7 Å². The number of para-hydroxylation sites is 1.